The highest BCUT2D eigenvalue weighted by Crippen LogP contribution is 2.27. The third-order valence-electron chi connectivity index (χ3n) is 5.01. The van der Waals surface area contributed by atoms with Crippen LogP contribution in [0.1, 0.15) is 24.2 Å². The average molecular weight is 383 g/mol. The summed E-state index contributed by atoms with van der Waals surface area (Å²) < 4.78 is 0. The number of rotatable bonds is 5. The molecule has 0 spiro atoms. The van der Waals surface area contributed by atoms with Crippen molar-refractivity contribution in [2.45, 2.75) is 20.0 Å². The summed E-state index contributed by atoms with van der Waals surface area (Å²) in [5.41, 5.74) is 2.93. The van der Waals surface area contributed by atoms with Gasteiger partial charge in [0.25, 0.3) is 0 Å². The number of piperazine rings is 1. The molecular weight excluding hydrogens is 352 g/mol. The van der Waals surface area contributed by atoms with E-state index in [1.54, 1.807) is 6.07 Å². The van der Waals surface area contributed by atoms with E-state index in [9.17, 15) is 10.2 Å². The summed E-state index contributed by atoms with van der Waals surface area (Å²) in [6.07, 6.45) is -0.614. The molecule has 0 radical (unpaired) electrons. The lowest BCUT2D eigenvalue weighted by atomic mass is 10.1. The van der Waals surface area contributed by atoms with E-state index in [0.29, 0.717) is 12.3 Å². The molecule has 3 N–H and O–H groups in total. The van der Waals surface area contributed by atoms with Gasteiger partial charge in [0.1, 0.15) is 5.75 Å². The standard InChI is InChI=1S/C22H30N4O2/c1-3-23-22(24-16-21(28)18-10-8-17(2)9-11-18)26-14-12-25(13-15-26)19-6-4-5-7-20(19)27/h4-11,21,27-28H,3,12-16H2,1-2H3,(H,23,24). The van der Waals surface area contributed by atoms with Crippen molar-refractivity contribution in [2.24, 2.45) is 4.99 Å². The van der Waals surface area contributed by atoms with Gasteiger partial charge in [0.15, 0.2) is 5.96 Å². The van der Waals surface area contributed by atoms with Crippen LogP contribution in [0.5, 0.6) is 5.75 Å². The molecule has 1 unspecified atom stereocenters. The second-order valence-corrected chi connectivity index (χ2v) is 7.08. The maximum atomic E-state index is 10.5. The fourth-order valence-electron chi connectivity index (χ4n) is 3.38. The molecule has 0 aromatic heterocycles. The number of nitrogens with zero attached hydrogens (tertiary/aromatic N) is 3. The Morgan fingerprint density at radius 1 is 1.07 bits per heavy atom. The first-order chi connectivity index (χ1) is 13.6. The van der Waals surface area contributed by atoms with Crippen LogP contribution < -0.4 is 10.2 Å². The number of phenols is 1. The van der Waals surface area contributed by atoms with E-state index < -0.39 is 6.10 Å². The highest BCUT2D eigenvalue weighted by atomic mass is 16.3. The number of benzene rings is 2. The molecule has 0 aliphatic carbocycles. The Balaban J connectivity index is 1.62. The van der Waals surface area contributed by atoms with Crippen molar-refractivity contribution in [3.63, 3.8) is 0 Å². The number of hydrogen-bond donors (Lipinski definition) is 3. The van der Waals surface area contributed by atoms with E-state index in [0.717, 1.165) is 49.9 Å². The van der Waals surface area contributed by atoms with Crippen molar-refractivity contribution in [1.82, 2.24) is 10.2 Å². The van der Waals surface area contributed by atoms with Gasteiger partial charge in [-0.2, -0.15) is 0 Å². The smallest absolute Gasteiger partial charge is 0.194 e. The third kappa shape index (κ3) is 4.95. The molecule has 3 rings (SSSR count). The zero-order chi connectivity index (χ0) is 19.9. The van der Waals surface area contributed by atoms with Crippen LogP contribution in [0.4, 0.5) is 5.69 Å². The van der Waals surface area contributed by atoms with Crippen LogP contribution in [0.3, 0.4) is 0 Å². The van der Waals surface area contributed by atoms with Gasteiger partial charge in [-0.25, -0.2) is 0 Å². The van der Waals surface area contributed by atoms with Crippen LogP contribution in [0.15, 0.2) is 53.5 Å². The molecule has 2 aromatic carbocycles. The molecule has 150 valence electrons. The quantitative estimate of drug-likeness (QED) is 0.548. The van der Waals surface area contributed by atoms with Crippen molar-refractivity contribution in [3.8, 4) is 5.75 Å². The molecule has 1 aliphatic heterocycles. The van der Waals surface area contributed by atoms with Crippen molar-refractivity contribution < 1.29 is 10.2 Å². The molecular formula is C22H30N4O2. The number of hydrogen-bond acceptors (Lipinski definition) is 4. The number of phenolic OH excluding ortho intramolecular Hbond substituents is 1. The van der Waals surface area contributed by atoms with Crippen molar-refractivity contribution in [2.75, 3.05) is 44.2 Å². The summed E-state index contributed by atoms with van der Waals surface area (Å²) in [6.45, 7) is 8.41. The minimum absolute atomic E-state index is 0.317. The summed E-state index contributed by atoms with van der Waals surface area (Å²) in [7, 11) is 0. The van der Waals surface area contributed by atoms with E-state index in [1.807, 2.05) is 56.3 Å². The summed E-state index contributed by atoms with van der Waals surface area (Å²) in [6, 6.07) is 15.4. The number of aliphatic hydroxyl groups excluding tert-OH is 1. The number of aliphatic hydroxyl groups is 1. The Morgan fingerprint density at radius 2 is 1.75 bits per heavy atom. The molecule has 6 nitrogen and oxygen atoms in total. The number of aryl methyl sites for hydroxylation is 1. The minimum Gasteiger partial charge on any atom is -0.506 e. The van der Waals surface area contributed by atoms with Gasteiger partial charge in [-0.1, -0.05) is 42.0 Å². The summed E-state index contributed by atoms with van der Waals surface area (Å²) >= 11 is 0. The molecule has 28 heavy (non-hydrogen) atoms. The lowest BCUT2D eigenvalue weighted by molar-refractivity contribution is 0.186. The van der Waals surface area contributed by atoms with E-state index in [2.05, 4.69) is 20.1 Å². The lowest BCUT2D eigenvalue weighted by Crippen LogP contribution is -2.52. The Labute approximate surface area is 167 Å². The van der Waals surface area contributed by atoms with Crippen molar-refractivity contribution in [3.05, 3.63) is 59.7 Å². The molecule has 1 heterocycles. The summed E-state index contributed by atoms with van der Waals surface area (Å²) in [5, 5.41) is 23.9. The second kappa shape index (κ2) is 9.46. The molecule has 0 amide bonds. The van der Waals surface area contributed by atoms with Gasteiger partial charge in [-0.3, -0.25) is 4.99 Å². The van der Waals surface area contributed by atoms with Gasteiger partial charge in [0.05, 0.1) is 18.3 Å². The van der Waals surface area contributed by atoms with Crippen molar-refractivity contribution >= 4 is 11.6 Å². The van der Waals surface area contributed by atoms with Crippen LogP contribution in [-0.4, -0.2) is 60.3 Å². The fourth-order valence-corrected chi connectivity index (χ4v) is 3.38. The molecule has 0 bridgehead atoms. The number of aromatic hydroxyl groups is 1. The van der Waals surface area contributed by atoms with Crippen LogP contribution >= 0.6 is 0 Å². The molecule has 0 saturated carbocycles. The van der Waals surface area contributed by atoms with Crippen LogP contribution in [-0.2, 0) is 0 Å². The van der Waals surface area contributed by atoms with Gasteiger partial charge in [0, 0.05) is 32.7 Å². The number of anilines is 1. The van der Waals surface area contributed by atoms with Crippen LogP contribution in [0.2, 0.25) is 0 Å². The molecule has 1 aliphatic rings. The van der Waals surface area contributed by atoms with E-state index in [1.165, 1.54) is 5.56 Å². The highest BCUT2D eigenvalue weighted by Gasteiger charge is 2.21. The zero-order valence-electron chi connectivity index (χ0n) is 16.7. The molecule has 1 saturated heterocycles. The predicted molar refractivity (Wildman–Crippen MR) is 114 cm³/mol. The maximum absolute atomic E-state index is 10.5. The first-order valence-electron chi connectivity index (χ1n) is 9.89. The Bertz CT molecular complexity index is 783. The Morgan fingerprint density at radius 3 is 2.39 bits per heavy atom. The first kappa shape index (κ1) is 20.0. The lowest BCUT2D eigenvalue weighted by Gasteiger charge is -2.38. The average Bonchev–Trinajstić information content (AvgIpc) is 2.72. The highest BCUT2D eigenvalue weighted by molar-refractivity contribution is 5.80. The summed E-state index contributed by atoms with van der Waals surface area (Å²) in [5.74, 6) is 1.14. The summed E-state index contributed by atoms with van der Waals surface area (Å²) in [4.78, 5) is 9.07. The maximum Gasteiger partial charge on any atom is 0.194 e. The zero-order valence-corrected chi connectivity index (χ0v) is 16.7. The number of para-hydroxylation sites is 2. The Kier molecular flexibility index (Phi) is 6.76. The van der Waals surface area contributed by atoms with E-state index in [-0.39, 0.29) is 0 Å². The van der Waals surface area contributed by atoms with Crippen molar-refractivity contribution in [1.29, 1.82) is 0 Å². The molecule has 1 atom stereocenters. The van der Waals surface area contributed by atoms with Gasteiger partial charge < -0.3 is 25.3 Å². The van der Waals surface area contributed by atoms with Gasteiger partial charge in [-0.15, -0.1) is 0 Å². The van der Waals surface area contributed by atoms with Gasteiger partial charge in [0.2, 0.25) is 0 Å². The first-order valence-corrected chi connectivity index (χ1v) is 9.89. The van der Waals surface area contributed by atoms with Gasteiger partial charge >= 0.3 is 0 Å². The number of nitrogens with one attached hydrogen (secondary N) is 1. The monoisotopic (exact) mass is 382 g/mol. The van der Waals surface area contributed by atoms with Gasteiger partial charge in [-0.05, 0) is 31.5 Å². The molecule has 6 heteroatoms. The third-order valence-corrected chi connectivity index (χ3v) is 5.01. The number of guanidine groups is 1. The molecule has 2 aromatic rings. The predicted octanol–water partition coefficient (Wildman–Crippen LogP) is 2.52. The van der Waals surface area contributed by atoms with Crippen LogP contribution in [0.25, 0.3) is 0 Å². The minimum atomic E-state index is -0.614. The fraction of sp³-hybridized carbons (Fsp3) is 0.409. The Hall–Kier alpha value is -2.73. The van der Waals surface area contributed by atoms with E-state index >= 15 is 0 Å². The number of aliphatic imine (C=N–C) groups is 1. The largest absolute Gasteiger partial charge is 0.506 e. The SMILES string of the molecule is CCNC(=NCC(O)c1ccc(C)cc1)N1CCN(c2ccccc2O)CC1. The topological polar surface area (TPSA) is 71.3 Å². The second-order valence-electron chi connectivity index (χ2n) is 7.08. The normalized spacial score (nSPS) is 16.2. The van der Waals surface area contributed by atoms with Crippen LogP contribution in [0, 0.1) is 6.92 Å². The molecule has 1 fully saturated rings. The van der Waals surface area contributed by atoms with E-state index in [4.69, 9.17) is 0 Å².